The van der Waals surface area contributed by atoms with Gasteiger partial charge in [0, 0.05) is 5.56 Å². The second kappa shape index (κ2) is 8.14. The standard InChI is InChI=1S/C19H20O2/c1-16-15-19(12-11-18(16)10-5-13-20)21-14-6-9-17-7-3-2-4-8-17/h2-4,7-8,11-12,15,20H,6,9,13-14H2,1H3. The number of aryl methyl sites for hydroxylation is 2. The molecular weight excluding hydrogens is 260 g/mol. The van der Waals surface area contributed by atoms with Gasteiger partial charge in [-0.3, -0.25) is 0 Å². The molecule has 0 bridgehead atoms. The molecule has 2 rings (SSSR count). The second-order valence-electron chi connectivity index (χ2n) is 4.87. The Kier molecular flexibility index (Phi) is 5.87. The van der Waals surface area contributed by atoms with Crippen molar-refractivity contribution >= 4 is 0 Å². The molecule has 2 aromatic rings. The van der Waals surface area contributed by atoms with Crippen LogP contribution in [0, 0.1) is 18.8 Å². The Balaban J connectivity index is 1.82. The summed E-state index contributed by atoms with van der Waals surface area (Å²) in [5.74, 6) is 6.45. The first kappa shape index (κ1) is 15.2. The minimum Gasteiger partial charge on any atom is -0.494 e. The smallest absolute Gasteiger partial charge is 0.119 e. The Morgan fingerprint density at radius 3 is 2.62 bits per heavy atom. The Morgan fingerprint density at radius 2 is 1.90 bits per heavy atom. The molecule has 0 heterocycles. The van der Waals surface area contributed by atoms with E-state index < -0.39 is 0 Å². The SMILES string of the molecule is Cc1cc(OCCCc2ccccc2)ccc1C#CCO. The van der Waals surface area contributed by atoms with Crippen LogP contribution in [0.2, 0.25) is 0 Å². The largest absolute Gasteiger partial charge is 0.494 e. The lowest BCUT2D eigenvalue weighted by atomic mass is 10.1. The van der Waals surface area contributed by atoms with E-state index >= 15 is 0 Å². The molecule has 0 saturated heterocycles. The van der Waals surface area contributed by atoms with Gasteiger partial charge in [-0.1, -0.05) is 42.2 Å². The van der Waals surface area contributed by atoms with Crippen LogP contribution in [0.5, 0.6) is 5.75 Å². The fraction of sp³-hybridized carbons (Fsp3) is 0.263. The predicted octanol–water partition coefficient (Wildman–Crippen LogP) is 3.35. The molecule has 0 aliphatic carbocycles. The summed E-state index contributed by atoms with van der Waals surface area (Å²) in [4.78, 5) is 0. The summed E-state index contributed by atoms with van der Waals surface area (Å²) in [7, 11) is 0. The zero-order valence-electron chi connectivity index (χ0n) is 12.3. The summed E-state index contributed by atoms with van der Waals surface area (Å²) in [6.07, 6.45) is 2.02. The second-order valence-corrected chi connectivity index (χ2v) is 4.87. The quantitative estimate of drug-likeness (QED) is 0.672. The molecule has 0 atom stereocenters. The molecule has 0 aromatic heterocycles. The summed E-state index contributed by atoms with van der Waals surface area (Å²) >= 11 is 0. The Hall–Kier alpha value is -2.24. The van der Waals surface area contributed by atoms with Gasteiger partial charge in [0.25, 0.3) is 0 Å². The Morgan fingerprint density at radius 1 is 1.10 bits per heavy atom. The van der Waals surface area contributed by atoms with E-state index in [1.54, 1.807) is 0 Å². The van der Waals surface area contributed by atoms with Crippen molar-refractivity contribution in [2.75, 3.05) is 13.2 Å². The van der Waals surface area contributed by atoms with Gasteiger partial charge in [-0.15, -0.1) is 0 Å². The van der Waals surface area contributed by atoms with Crippen LogP contribution in [0.25, 0.3) is 0 Å². The summed E-state index contributed by atoms with van der Waals surface area (Å²) in [5, 5.41) is 8.71. The van der Waals surface area contributed by atoms with Crippen LogP contribution in [0.4, 0.5) is 0 Å². The number of hydrogen-bond acceptors (Lipinski definition) is 2. The maximum atomic E-state index is 8.71. The Labute approximate surface area is 126 Å². The molecule has 0 aliphatic rings. The van der Waals surface area contributed by atoms with Crippen molar-refractivity contribution in [3.8, 4) is 17.6 Å². The van der Waals surface area contributed by atoms with Gasteiger partial charge < -0.3 is 9.84 Å². The third-order valence-electron chi connectivity index (χ3n) is 3.22. The normalized spacial score (nSPS) is 9.81. The highest BCUT2D eigenvalue weighted by atomic mass is 16.5. The number of aliphatic hydroxyl groups is 1. The molecule has 0 unspecified atom stereocenters. The van der Waals surface area contributed by atoms with E-state index in [-0.39, 0.29) is 6.61 Å². The third-order valence-corrected chi connectivity index (χ3v) is 3.22. The first-order valence-corrected chi connectivity index (χ1v) is 7.16. The van der Waals surface area contributed by atoms with E-state index in [0.717, 1.165) is 29.7 Å². The minimum absolute atomic E-state index is 0.114. The maximum absolute atomic E-state index is 8.71. The Bertz CT molecular complexity index is 621. The number of hydrogen-bond donors (Lipinski definition) is 1. The predicted molar refractivity (Wildman–Crippen MR) is 85.4 cm³/mol. The first-order chi connectivity index (χ1) is 10.3. The number of benzene rings is 2. The molecule has 21 heavy (non-hydrogen) atoms. The average Bonchev–Trinajstić information content (AvgIpc) is 2.52. The van der Waals surface area contributed by atoms with Crippen LogP contribution < -0.4 is 4.74 Å². The van der Waals surface area contributed by atoms with E-state index in [1.165, 1.54) is 5.56 Å². The van der Waals surface area contributed by atoms with E-state index in [4.69, 9.17) is 9.84 Å². The molecule has 1 N–H and O–H groups in total. The van der Waals surface area contributed by atoms with Crippen LogP contribution >= 0.6 is 0 Å². The molecule has 2 nitrogen and oxygen atoms in total. The van der Waals surface area contributed by atoms with Gasteiger partial charge >= 0.3 is 0 Å². The number of rotatable bonds is 5. The summed E-state index contributed by atoms with van der Waals surface area (Å²) in [5.41, 5.74) is 3.34. The molecule has 0 aliphatic heterocycles. The van der Waals surface area contributed by atoms with E-state index in [0.29, 0.717) is 6.61 Å². The van der Waals surface area contributed by atoms with E-state index in [1.807, 2.05) is 31.2 Å². The summed E-state index contributed by atoms with van der Waals surface area (Å²) < 4.78 is 5.77. The van der Waals surface area contributed by atoms with Gasteiger partial charge in [0.2, 0.25) is 0 Å². The average molecular weight is 280 g/mol. The molecular formula is C19H20O2. The van der Waals surface area contributed by atoms with Crippen molar-refractivity contribution < 1.29 is 9.84 Å². The van der Waals surface area contributed by atoms with Crippen LogP contribution in [0.3, 0.4) is 0 Å². The van der Waals surface area contributed by atoms with Crippen molar-refractivity contribution in [3.63, 3.8) is 0 Å². The van der Waals surface area contributed by atoms with Gasteiger partial charge in [-0.25, -0.2) is 0 Å². The van der Waals surface area contributed by atoms with Gasteiger partial charge in [0.15, 0.2) is 0 Å². The fourth-order valence-electron chi connectivity index (χ4n) is 2.11. The zero-order valence-corrected chi connectivity index (χ0v) is 12.3. The highest BCUT2D eigenvalue weighted by molar-refractivity contribution is 5.44. The van der Waals surface area contributed by atoms with Crippen molar-refractivity contribution in [2.45, 2.75) is 19.8 Å². The lowest BCUT2D eigenvalue weighted by molar-refractivity contribution is 0.311. The number of ether oxygens (including phenoxy) is 1. The van der Waals surface area contributed by atoms with Crippen molar-refractivity contribution in [1.82, 2.24) is 0 Å². The maximum Gasteiger partial charge on any atom is 0.119 e. The molecule has 0 fully saturated rings. The molecule has 0 radical (unpaired) electrons. The van der Waals surface area contributed by atoms with E-state index in [2.05, 4.69) is 36.1 Å². The molecule has 0 amide bonds. The topological polar surface area (TPSA) is 29.5 Å². The molecule has 0 spiro atoms. The summed E-state index contributed by atoms with van der Waals surface area (Å²) in [6, 6.07) is 16.3. The molecule has 2 aromatic carbocycles. The van der Waals surface area contributed by atoms with Crippen molar-refractivity contribution in [1.29, 1.82) is 0 Å². The lowest BCUT2D eigenvalue weighted by Gasteiger charge is -2.08. The van der Waals surface area contributed by atoms with Gasteiger partial charge in [-0.05, 0) is 49.1 Å². The van der Waals surface area contributed by atoms with Crippen LogP contribution in [-0.4, -0.2) is 18.3 Å². The highest BCUT2D eigenvalue weighted by Gasteiger charge is 1.99. The first-order valence-electron chi connectivity index (χ1n) is 7.16. The van der Waals surface area contributed by atoms with Gasteiger partial charge in [0.1, 0.15) is 12.4 Å². The molecule has 2 heteroatoms. The van der Waals surface area contributed by atoms with E-state index in [9.17, 15) is 0 Å². The zero-order chi connectivity index (χ0) is 14.9. The van der Waals surface area contributed by atoms with Crippen LogP contribution in [-0.2, 0) is 6.42 Å². The number of aliphatic hydroxyl groups excluding tert-OH is 1. The fourth-order valence-corrected chi connectivity index (χ4v) is 2.11. The molecule has 0 saturated carbocycles. The van der Waals surface area contributed by atoms with Gasteiger partial charge in [-0.2, -0.15) is 0 Å². The van der Waals surface area contributed by atoms with Crippen LogP contribution in [0.1, 0.15) is 23.1 Å². The lowest BCUT2D eigenvalue weighted by Crippen LogP contribution is -2.00. The summed E-state index contributed by atoms with van der Waals surface area (Å²) in [6.45, 7) is 2.59. The van der Waals surface area contributed by atoms with Crippen molar-refractivity contribution in [2.24, 2.45) is 0 Å². The molecule has 108 valence electrons. The van der Waals surface area contributed by atoms with Crippen molar-refractivity contribution in [3.05, 3.63) is 65.2 Å². The monoisotopic (exact) mass is 280 g/mol. The van der Waals surface area contributed by atoms with Gasteiger partial charge in [0.05, 0.1) is 6.61 Å². The third kappa shape index (κ3) is 4.98. The van der Waals surface area contributed by atoms with Crippen LogP contribution in [0.15, 0.2) is 48.5 Å². The minimum atomic E-state index is -0.114. The highest BCUT2D eigenvalue weighted by Crippen LogP contribution is 2.17.